The Morgan fingerprint density at radius 1 is 1.40 bits per heavy atom. The van der Waals surface area contributed by atoms with Gasteiger partial charge in [-0.15, -0.1) is 0 Å². The van der Waals surface area contributed by atoms with Crippen molar-refractivity contribution in [2.24, 2.45) is 11.7 Å². The molecule has 1 aliphatic heterocycles. The summed E-state index contributed by atoms with van der Waals surface area (Å²) in [6.45, 7) is 4.54. The molecule has 1 aromatic rings. The lowest BCUT2D eigenvalue weighted by Crippen LogP contribution is -2.31. The highest BCUT2D eigenvalue weighted by molar-refractivity contribution is 5.54. The zero-order valence-electron chi connectivity index (χ0n) is 12.4. The quantitative estimate of drug-likeness (QED) is 0.901. The molecule has 0 aliphatic carbocycles. The first kappa shape index (κ1) is 15.3. The second-order valence-corrected chi connectivity index (χ2v) is 5.86. The summed E-state index contributed by atoms with van der Waals surface area (Å²) < 4.78 is 19.4. The molecule has 20 heavy (non-hydrogen) atoms. The average Bonchev–Trinajstić information content (AvgIpc) is 2.41. The van der Waals surface area contributed by atoms with Crippen LogP contribution in [0.2, 0.25) is 0 Å². The van der Waals surface area contributed by atoms with Gasteiger partial charge in [0.15, 0.2) is 0 Å². The van der Waals surface area contributed by atoms with E-state index in [0.29, 0.717) is 12.3 Å². The van der Waals surface area contributed by atoms with Gasteiger partial charge in [0, 0.05) is 44.1 Å². The van der Waals surface area contributed by atoms with Gasteiger partial charge in [0.25, 0.3) is 0 Å². The SMILES string of the molecule is CC(N)Cc1c(F)cccc1N(C)CC1CCOCC1. The van der Waals surface area contributed by atoms with Gasteiger partial charge in [0.2, 0.25) is 0 Å². The van der Waals surface area contributed by atoms with Crippen molar-refractivity contribution in [3.8, 4) is 0 Å². The fourth-order valence-electron chi connectivity index (χ4n) is 2.84. The molecule has 1 atom stereocenters. The van der Waals surface area contributed by atoms with Crippen molar-refractivity contribution < 1.29 is 9.13 Å². The molecule has 2 rings (SSSR count). The van der Waals surface area contributed by atoms with Crippen LogP contribution in [-0.2, 0) is 11.2 Å². The molecule has 1 heterocycles. The van der Waals surface area contributed by atoms with Crippen LogP contribution in [0.3, 0.4) is 0 Å². The molecule has 3 nitrogen and oxygen atoms in total. The van der Waals surface area contributed by atoms with E-state index in [0.717, 1.165) is 43.9 Å². The van der Waals surface area contributed by atoms with Gasteiger partial charge in [-0.1, -0.05) is 6.07 Å². The Balaban J connectivity index is 2.11. The van der Waals surface area contributed by atoms with Gasteiger partial charge >= 0.3 is 0 Å². The first-order chi connectivity index (χ1) is 9.58. The Morgan fingerprint density at radius 3 is 2.75 bits per heavy atom. The number of ether oxygens (including phenoxy) is 1. The zero-order valence-corrected chi connectivity index (χ0v) is 12.4. The molecule has 0 bridgehead atoms. The summed E-state index contributed by atoms with van der Waals surface area (Å²) in [5.41, 5.74) is 7.54. The van der Waals surface area contributed by atoms with Crippen molar-refractivity contribution in [1.82, 2.24) is 0 Å². The normalized spacial score (nSPS) is 18.0. The van der Waals surface area contributed by atoms with Crippen molar-refractivity contribution in [2.45, 2.75) is 32.2 Å². The molecule has 4 heteroatoms. The van der Waals surface area contributed by atoms with E-state index in [-0.39, 0.29) is 11.9 Å². The minimum atomic E-state index is -0.154. The van der Waals surface area contributed by atoms with Crippen molar-refractivity contribution >= 4 is 5.69 Å². The van der Waals surface area contributed by atoms with Gasteiger partial charge in [0.05, 0.1) is 0 Å². The molecule has 1 unspecified atom stereocenters. The van der Waals surface area contributed by atoms with Crippen LogP contribution >= 0.6 is 0 Å². The van der Waals surface area contributed by atoms with Crippen molar-refractivity contribution in [2.75, 3.05) is 31.7 Å². The largest absolute Gasteiger partial charge is 0.381 e. The molecular formula is C16H25FN2O. The third kappa shape index (κ3) is 3.93. The van der Waals surface area contributed by atoms with Crippen LogP contribution in [-0.4, -0.2) is 32.8 Å². The molecule has 0 aromatic heterocycles. The van der Waals surface area contributed by atoms with Gasteiger partial charge in [-0.05, 0) is 44.2 Å². The Labute approximate surface area is 120 Å². The minimum absolute atomic E-state index is 0.0397. The van der Waals surface area contributed by atoms with E-state index < -0.39 is 0 Å². The van der Waals surface area contributed by atoms with Crippen LogP contribution in [0.25, 0.3) is 0 Å². The van der Waals surface area contributed by atoms with Crippen LogP contribution in [0.1, 0.15) is 25.3 Å². The molecule has 0 amide bonds. The first-order valence-electron chi connectivity index (χ1n) is 7.39. The summed E-state index contributed by atoms with van der Waals surface area (Å²) in [6.07, 6.45) is 2.74. The maximum absolute atomic E-state index is 14.0. The maximum atomic E-state index is 14.0. The van der Waals surface area contributed by atoms with E-state index in [1.54, 1.807) is 6.07 Å². The Hall–Kier alpha value is -1.13. The van der Waals surface area contributed by atoms with Gasteiger partial charge in [-0.2, -0.15) is 0 Å². The molecule has 0 spiro atoms. The van der Waals surface area contributed by atoms with E-state index >= 15 is 0 Å². The lowest BCUT2D eigenvalue weighted by Gasteiger charge is -2.30. The second kappa shape index (κ2) is 7.04. The van der Waals surface area contributed by atoms with Crippen molar-refractivity contribution in [1.29, 1.82) is 0 Å². The molecule has 1 aliphatic rings. The molecule has 1 saturated heterocycles. The third-order valence-corrected chi connectivity index (χ3v) is 3.90. The Bertz CT molecular complexity index is 430. The number of nitrogens with zero attached hydrogens (tertiary/aromatic N) is 1. The number of rotatable bonds is 5. The minimum Gasteiger partial charge on any atom is -0.381 e. The fraction of sp³-hybridized carbons (Fsp3) is 0.625. The van der Waals surface area contributed by atoms with Crippen LogP contribution in [0.5, 0.6) is 0 Å². The van der Waals surface area contributed by atoms with Crippen LogP contribution < -0.4 is 10.6 Å². The highest BCUT2D eigenvalue weighted by atomic mass is 19.1. The van der Waals surface area contributed by atoms with Crippen LogP contribution in [0.15, 0.2) is 18.2 Å². The first-order valence-corrected chi connectivity index (χ1v) is 7.39. The van der Waals surface area contributed by atoms with Crippen molar-refractivity contribution in [3.63, 3.8) is 0 Å². The fourth-order valence-corrected chi connectivity index (χ4v) is 2.84. The van der Waals surface area contributed by atoms with E-state index in [4.69, 9.17) is 10.5 Å². The van der Waals surface area contributed by atoms with E-state index in [1.165, 1.54) is 6.07 Å². The van der Waals surface area contributed by atoms with Gasteiger partial charge < -0.3 is 15.4 Å². The summed E-state index contributed by atoms with van der Waals surface area (Å²) in [5, 5.41) is 0. The number of benzene rings is 1. The van der Waals surface area contributed by atoms with Gasteiger partial charge in [-0.25, -0.2) is 4.39 Å². The number of nitrogens with two attached hydrogens (primary N) is 1. The summed E-state index contributed by atoms with van der Waals surface area (Å²) in [6, 6.07) is 5.24. The highest BCUT2D eigenvalue weighted by Gasteiger charge is 2.19. The monoisotopic (exact) mass is 280 g/mol. The molecule has 2 N–H and O–H groups in total. The van der Waals surface area contributed by atoms with E-state index in [2.05, 4.69) is 4.90 Å². The molecule has 0 radical (unpaired) electrons. The molecule has 1 aromatic carbocycles. The summed E-state index contributed by atoms with van der Waals surface area (Å²) in [7, 11) is 2.04. The summed E-state index contributed by atoms with van der Waals surface area (Å²) in [5.74, 6) is 0.471. The molecular weight excluding hydrogens is 255 g/mol. The number of hydrogen-bond acceptors (Lipinski definition) is 3. The number of halogens is 1. The molecule has 1 fully saturated rings. The summed E-state index contributed by atoms with van der Waals surface area (Å²) >= 11 is 0. The molecule has 0 saturated carbocycles. The number of hydrogen-bond donors (Lipinski definition) is 1. The molecule has 112 valence electrons. The highest BCUT2D eigenvalue weighted by Crippen LogP contribution is 2.26. The smallest absolute Gasteiger partial charge is 0.128 e. The number of anilines is 1. The average molecular weight is 280 g/mol. The van der Waals surface area contributed by atoms with E-state index in [1.807, 2.05) is 20.0 Å². The van der Waals surface area contributed by atoms with E-state index in [9.17, 15) is 4.39 Å². The van der Waals surface area contributed by atoms with Gasteiger partial charge in [0.1, 0.15) is 5.82 Å². The van der Waals surface area contributed by atoms with Crippen LogP contribution in [0.4, 0.5) is 10.1 Å². The lowest BCUT2D eigenvalue weighted by atomic mass is 9.98. The van der Waals surface area contributed by atoms with Gasteiger partial charge in [-0.3, -0.25) is 0 Å². The Kier molecular flexibility index (Phi) is 5.38. The third-order valence-electron chi connectivity index (χ3n) is 3.90. The summed E-state index contributed by atoms with van der Waals surface area (Å²) in [4.78, 5) is 2.16. The standard InChI is InChI=1S/C16H25FN2O/c1-12(18)10-14-15(17)4-3-5-16(14)19(2)11-13-6-8-20-9-7-13/h3-5,12-13H,6-11,18H2,1-2H3. The topological polar surface area (TPSA) is 38.5 Å². The predicted octanol–water partition coefficient (Wildman–Crippen LogP) is 2.58. The maximum Gasteiger partial charge on any atom is 0.128 e. The predicted molar refractivity (Wildman–Crippen MR) is 80.6 cm³/mol. The second-order valence-electron chi connectivity index (χ2n) is 5.86. The van der Waals surface area contributed by atoms with Crippen LogP contribution in [0, 0.1) is 11.7 Å². The lowest BCUT2D eigenvalue weighted by molar-refractivity contribution is 0.0685. The zero-order chi connectivity index (χ0) is 14.5. The van der Waals surface area contributed by atoms with Crippen molar-refractivity contribution in [3.05, 3.63) is 29.6 Å². The Morgan fingerprint density at radius 2 is 2.10 bits per heavy atom.